The molecule has 25 heavy (non-hydrogen) atoms. The summed E-state index contributed by atoms with van der Waals surface area (Å²) in [5, 5.41) is 2.29. The molecular formula is C18H17F2NO4. The number of anilines is 1. The molecule has 0 spiro atoms. The third-order valence-corrected chi connectivity index (χ3v) is 3.24. The van der Waals surface area contributed by atoms with Crippen molar-refractivity contribution in [2.45, 2.75) is 13.8 Å². The van der Waals surface area contributed by atoms with Crippen LogP contribution in [0.1, 0.15) is 11.1 Å². The van der Waals surface area contributed by atoms with E-state index in [1.807, 2.05) is 26.0 Å². The van der Waals surface area contributed by atoms with Gasteiger partial charge in [0.25, 0.3) is 5.91 Å². The van der Waals surface area contributed by atoms with Crippen molar-refractivity contribution in [1.29, 1.82) is 0 Å². The number of carbonyl (C=O) groups is 2. The molecule has 0 aliphatic rings. The lowest BCUT2D eigenvalue weighted by Crippen LogP contribution is -2.23. The minimum atomic E-state index is -1.09. The van der Waals surface area contributed by atoms with Crippen LogP contribution in [0.3, 0.4) is 0 Å². The van der Waals surface area contributed by atoms with E-state index >= 15 is 0 Å². The third kappa shape index (κ3) is 5.56. The van der Waals surface area contributed by atoms with E-state index in [2.05, 4.69) is 5.32 Å². The largest absolute Gasteiger partial charge is 0.482 e. The zero-order chi connectivity index (χ0) is 18.4. The normalized spacial score (nSPS) is 10.2. The van der Waals surface area contributed by atoms with Crippen molar-refractivity contribution in [2.75, 3.05) is 18.5 Å². The van der Waals surface area contributed by atoms with Crippen LogP contribution in [0.4, 0.5) is 14.5 Å². The molecule has 0 atom stereocenters. The Morgan fingerprint density at radius 1 is 1.00 bits per heavy atom. The average Bonchev–Trinajstić information content (AvgIpc) is 2.55. The van der Waals surface area contributed by atoms with Crippen molar-refractivity contribution in [3.63, 3.8) is 0 Å². The topological polar surface area (TPSA) is 64.6 Å². The van der Waals surface area contributed by atoms with E-state index in [9.17, 15) is 18.4 Å². The Kier molecular flexibility index (Phi) is 6.05. The van der Waals surface area contributed by atoms with Crippen molar-refractivity contribution in [2.24, 2.45) is 0 Å². The molecule has 5 nitrogen and oxygen atoms in total. The first-order valence-corrected chi connectivity index (χ1v) is 7.45. The maximum Gasteiger partial charge on any atom is 0.344 e. The standard InChI is InChI=1S/C18H17F2NO4/c1-11-3-6-16(12(2)7-11)24-10-18(23)25-9-17(22)21-13-4-5-14(19)15(20)8-13/h3-8H,9-10H2,1-2H3,(H,21,22). The summed E-state index contributed by atoms with van der Waals surface area (Å²) in [6.07, 6.45) is 0. The van der Waals surface area contributed by atoms with Gasteiger partial charge in [0, 0.05) is 11.8 Å². The molecule has 0 saturated carbocycles. The molecule has 0 heterocycles. The van der Waals surface area contributed by atoms with Gasteiger partial charge in [-0.25, -0.2) is 13.6 Å². The maximum absolute atomic E-state index is 13.0. The molecule has 2 aromatic rings. The van der Waals surface area contributed by atoms with E-state index in [0.717, 1.165) is 23.3 Å². The van der Waals surface area contributed by atoms with Crippen LogP contribution in [0, 0.1) is 25.5 Å². The van der Waals surface area contributed by atoms with Gasteiger partial charge < -0.3 is 14.8 Å². The number of hydrogen-bond donors (Lipinski definition) is 1. The summed E-state index contributed by atoms with van der Waals surface area (Å²) in [6.45, 7) is 2.88. The van der Waals surface area contributed by atoms with E-state index < -0.39 is 30.1 Å². The van der Waals surface area contributed by atoms with Crippen LogP contribution in [0.15, 0.2) is 36.4 Å². The van der Waals surface area contributed by atoms with Gasteiger partial charge in [-0.15, -0.1) is 0 Å². The molecule has 0 aliphatic carbocycles. The van der Waals surface area contributed by atoms with E-state index in [-0.39, 0.29) is 12.3 Å². The SMILES string of the molecule is Cc1ccc(OCC(=O)OCC(=O)Nc2ccc(F)c(F)c2)c(C)c1. The number of aryl methyl sites for hydroxylation is 2. The molecule has 1 amide bonds. The van der Waals surface area contributed by atoms with Gasteiger partial charge in [-0.2, -0.15) is 0 Å². The van der Waals surface area contributed by atoms with Crippen LogP contribution in [-0.2, 0) is 14.3 Å². The summed E-state index contributed by atoms with van der Waals surface area (Å²) in [5.74, 6) is -2.95. The van der Waals surface area contributed by atoms with Crippen LogP contribution in [0.2, 0.25) is 0 Å². The molecule has 0 fully saturated rings. The number of benzene rings is 2. The Balaban J connectivity index is 1.77. The molecule has 0 radical (unpaired) electrons. The van der Waals surface area contributed by atoms with Gasteiger partial charge >= 0.3 is 5.97 Å². The second-order valence-electron chi connectivity index (χ2n) is 5.40. The minimum absolute atomic E-state index is 0.0616. The Morgan fingerprint density at radius 2 is 1.76 bits per heavy atom. The number of carbonyl (C=O) groups excluding carboxylic acids is 2. The minimum Gasteiger partial charge on any atom is -0.482 e. The van der Waals surface area contributed by atoms with E-state index in [0.29, 0.717) is 5.75 Å². The summed E-state index contributed by atoms with van der Waals surface area (Å²) < 4.78 is 35.9. The highest BCUT2D eigenvalue weighted by Gasteiger charge is 2.11. The van der Waals surface area contributed by atoms with Crippen molar-refractivity contribution >= 4 is 17.6 Å². The second kappa shape index (κ2) is 8.23. The number of amides is 1. The first-order valence-electron chi connectivity index (χ1n) is 7.45. The highest BCUT2D eigenvalue weighted by molar-refractivity contribution is 5.92. The van der Waals surface area contributed by atoms with Gasteiger partial charge in [0.05, 0.1) is 0 Å². The summed E-state index contributed by atoms with van der Waals surface area (Å²) in [6, 6.07) is 8.42. The van der Waals surface area contributed by atoms with Crippen molar-refractivity contribution in [3.05, 3.63) is 59.2 Å². The fourth-order valence-electron chi connectivity index (χ4n) is 2.06. The lowest BCUT2D eigenvalue weighted by atomic mass is 10.1. The highest BCUT2D eigenvalue weighted by Crippen LogP contribution is 2.18. The molecule has 7 heteroatoms. The monoisotopic (exact) mass is 349 g/mol. The number of nitrogens with one attached hydrogen (secondary N) is 1. The zero-order valence-corrected chi connectivity index (χ0v) is 13.8. The van der Waals surface area contributed by atoms with Gasteiger partial charge in [-0.05, 0) is 37.6 Å². The third-order valence-electron chi connectivity index (χ3n) is 3.24. The van der Waals surface area contributed by atoms with Gasteiger partial charge in [-0.1, -0.05) is 17.7 Å². The Hall–Kier alpha value is -2.96. The molecule has 0 aliphatic heterocycles. The van der Waals surface area contributed by atoms with E-state index in [1.165, 1.54) is 6.07 Å². The molecule has 132 valence electrons. The van der Waals surface area contributed by atoms with Gasteiger partial charge in [0.1, 0.15) is 5.75 Å². The lowest BCUT2D eigenvalue weighted by molar-refractivity contribution is -0.149. The molecule has 1 N–H and O–H groups in total. The maximum atomic E-state index is 13.0. The Morgan fingerprint density at radius 3 is 2.44 bits per heavy atom. The molecule has 0 bridgehead atoms. The quantitative estimate of drug-likeness (QED) is 0.814. The van der Waals surface area contributed by atoms with Gasteiger partial charge in [0.2, 0.25) is 0 Å². The number of rotatable bonds is 6. The molecular weight excluding hydrogens is 332 g/mol. The van der Waals surface area contributed by atoms with Gasteiger partial charge in [0.15, 0.2) is 24.8 Å². The van der Waals surface area contributed by atoms with E-state index in [1.54, 1.807) is 6.07 Å². The van der Waals surface area contributed by atoms with Crippen molar-refractivity contribution in [1.82, 2.24) is 0 Å². The summed E-state index contributed by atoms with van der Waals surface area (Å²) in [7, 11) is 0. The Bertz CT molecular complexity index is 793. The average molecular weight is 349 g/mol. The smallest absolute Gasteiger partial charge is 0.344 e. The predicted molar refractivity (Wildman–Crippen MR) is 87.4 cm³/mol. The molecule has 2 aromatic carbocycles. The first-order chi connectivity index (χ1) is 11.8. The molecule has 0 saturated heterocycles. The lowest BCUT2D eigenvalue weighted by Gasteiger charge is -2.10. The summed E-state index contributed by atoms with van der Waals surface area (Å²) in [4.78, 5) is 23.2. The van der Waals surface area contributed by atoms with Crippen LogP contribution in [0.25, 0.3) is 0 Å². The molecule has 0 unspecified atom stereocenters. The summed E-state index contributed by atoms with van der Waals surface area (Å²) >= 11 is 0. The van der Waals surface area contributed by atoms with Gasteiger partial charge in [-0.3, -0.25) is 4.79 Å². The number of hydrogen-bond acceptors (Lipinski definition) is 4. The second-order valence-corrected chi connectivity index (χ2v) is 5.40. The number of halogens is 2. The summed E-state index contributed by atoms with van der Waals surface area (Å²) in [5.41, 5.74) is 2.01. The molecule has 2 rings (SSSR count). The van der Waals surface area contributed by atoms with Crippen LogP contribution in [-0.4, -0.2) is 25.1 Å². The fraction of sp³-hybridized carbons (Fsp3) is 0.222. The van der Waals surface area contributed by atoms with Crippen molar-refractivity contribution in [3.8, 4) is 5.75 Å². The first kappa shape index (κ1) is 18.4. The van der Waals surface area contributed by atoms with Crippen molar-refractivity contribution < 1.29 is 27.8 Å². The number of ether oxygens (including phenoxy) is 2. The number of esters is 1. The zero-order valence-electron chi connectivity index (χ0n) is 13.8. The van der Waals surface area contributed by atoms with Crippen LogP contribution in [0.5, 0.6) is 5.75 Å². The highest BCUT2D eigenvalue weighted by atomic mass is 19.2. The molecule has 0 aromatic heterocycles. The Labute approximate surface area is 143 Å². The van der Waals surface area contributed by atoms with Crippen LogP contribution < -0.4 is 10.1 Å². The van der Waals surface area contributed by atoms with Crippen LogP contribution >= 0.6 is 0 Å². The fourth-order valence-corrected chi connectivity index (χ4v) is 2.06. The van der Waals surface area contributed by atoms with E-state index in [4.69, 9.17) is 9.47 Å². The predicted octanol–water partition coefficient (Wildman–Crippen LogP) is 3.14.